The highest BCUT2D eigenvalue weighted by atomic mass is 16.6. The molecule has 1 aliphatic rings. The molecule has 0 saturated carbocycles. The molecule has 29 heavy (non-hydrogen) atoms. The standard InChI is InChI=1S/C25H31NO3/c27-24(18-12-4-2-1-3-7-13-21-14-8-5-9-15-21)26-23(20-29-25(26)28)19-22-16-10-6-11-17-22/h5-6,8-11,14-17,23H,1-4,7,12-13,18-20H2/t23-/m1/s1. The number of amides is 2. The molecule has 154 valence electrons. The fraction of sp³-hybridized carbons (Fsp3) is 0.440. The number of unbranched alkanes of at least 4 members (excludes halogenated alkanes) is 5. The molecule has 3 rings (SSSR count). The van der Waals surface area contributed by atoms with Gasteiger partial charge in [-0.3, -0.25) is 4.79 Å². The summed E-state index contributed by atoms with van der Waals surface area (Å²) in [5.41, 5.74) is 2.52. The molecule has 1 fully saturated rings. The summed E-state index contributed by atoms with van der Waals surface area (Å²) in [5, 5.41) is 0. The lowest BCUT2D eigenvalue weighted by Gasteiger charge is -2.19. The van der Waals surface area contributed by atoms with E-state index in [0.717, 1.165) is 31.2 Å². The smallest absolute Gasteiger partial charge is 0.416 e. The summed E-state index contributed by atoms with van der Waals surface area (Å²) < 4.78 is 5.15. The van der Waals surface area contributed by atoms with Gasteiger partial charge in [0.05, 0.1) is 6.04 Å². The van der Waals surface area contributed by atoms with Crippen LogP contribution in [0.2, 0.25) is 0 Å². The summed E-state index contributed by atoms with van der Waals surface area (Å²) in [7, 11) is 0. The fourth-order valence-electron chi connectivity index (χ4n) is 3.88. The van der Waals surface area contributed by atoms with Crippen LogP contribution in [0.3, 0.4) is 0 Å². The Morgan fingerprint density at radius 2 is 1.41 bits per heavy atom. The number of imide groups is 1. The predicted molar refractivity (Wildman–Crippen MR) is 115 cm³/mol. The fourth-order valence-corrected chi connectivity index (χ4v) is 3.88. The summed E-state index contributed by atoms with van der Waals surface area (Å²) in [6.07, 6.45) is 8.36. The first-order valence-electron chi connectivity index (χ1n) is 10.8. The third kappa shape index (κ3) is 6.74. The van der Waals surface area contributed by atoms with Crippen LogP contribution in [0, 0.1) is 0 Å². The molecule has 1 atom stereocenters. The zero-order chi connectivity index (χ0) is 20.3. The van der Waals surface area contributed by atoms with Gasteiger partial charge in [-0.05, 0) is 36.8 Å². The van der Waals surface area contributed by atoms with E-state index in [2.05, 4.69) is 30.3 Å². The molecule has 1 aliphatic heterocycles. The number of nitrogens with zero attached hydrogens (tertiary/aromatic N) is 1. The van der Waals surface area contributed by atoms with Crippen molar-refractivity contribution in [1.82, 2.24) is 4.90 Å². The van der Waals surface area contributed by atoms with Crippen LogP contribution in [0.15, 0.2) is 60.7 Å². The number of hydrogen-bond donors (Lipinski definition) is 0. The molecular formula is C25H31NO3. The maximum atomic E-state index is 12.6. The van der Waals surface area contributed by atoms with E-state index in [1.807, 2.05) is 30.3 Å². The Balaban J connectivity index is 1.30. The summed E-state index contributed by atoms with van der Waals surface area (Å²) >= 11 is 0. The van der Waals surface area contributed by atoms with Crippen LogP contribution in [-0.4, -0.2) is 29.5 Å². The third-order valence-electron chi connectivity index (χ3n) is 5.49. The van der Waals surface area contributed by atoms with Crippen LogP contribution in [0.4, 0.5) is 4.79 Å². The molecule has 0 aliphatic carbocycles. The van der Waals surface area contributed by atoms with Crippen molar-refractivity contribution >= 4 is 12.0 Å². The molecule has 0 aromatic heterocycles. The summed E-state index contributed by atoms with van der Waals surface area (Å²) in [5.74, 6) is -0.0995. The average molecular weight is 394 g/mol. The monoisotopic (exact) mass is 393 g/mol. The number of ether oxygens (including phenoxy) is 1. The minimum Gasteiger partial charge on any atom is -0.447 e. The van der Waals surface area contributed by atoms with Gasteiger partial charge in [0.15, 0.2) is 0 Å². The molecule has 0 spiro atoms. The Labute approximate surface area is 173 Å². The van der Waals surface area contributed by atoms with Crippen molar-refractivity contribution in [3.8, 4) is 0 Å². The molecule has 0 radical (unpaired) electrons. The molecule has 2 aromatic rings. The Hall–Kier alpha value is -2.62. The number of carbonyl (C=O) groups is 2. The second-order valence-electron chi connectivity index (χ2n) is 7.79. The summed E-state index contributed by atoms with van der Waals surface area (Å²) in [6.45, 7) is 0.293. The largest absolute Gasteiger partial charge is 0.447 e. The van der Waals surface area contributed by atoms with Crippen molar-refractivity contribution in [3.05, 3.63) is 71.8 Å². The second-order valence-corrected chi connectivity index (χ2v) is 7.79. The molecule has 4 heteroatoms. The third-order valence-corrected chi connectivity index (χ3v) is 5.49. The first-order valence-corrected chi connectivity index (χ1v) is 10.8. The summed E-state index contributed by atoms with van der Waals surface area (Å²) in [4.78, 5) is 25.9. The Morgan fingerprint density at radius 3 is 2.10 bits per heavy atom. The zero-order valence-corrected chi connectivity index (χ0v) is 17.1. The van der Waals surface area contributed by atoms with Crippen LogP contribution >= 0.6 is 0 Å². The maximum absolute atomic E-state index is 12.6. The highest BCUT2D eigenvalue weighted by Crippen LogP contribution is 2.19. The molecule has 0 bridgehead atoms. The highest BCUT2D eigenvalue weighted by molar-refractivity contribution is 5.93. The molecule has 4 nitrogen and oxygen atoms in total. The molecular weight excluding hydrogens is 362 g/mol. The van der Waals surface area contributed by atoms with Gasteiger partial charge in [-0.15, -0.1) is 0 Å². The first kappa shape index (κ1) is 21.1. The molecule has 1 heterocycles. The van der Waals surface area contributed by atoms with E-state index in [1.54, 1.807) is 0 Å². The molecule has 1 saturated heterocycles. The summed E-state index contributed by atoms with van der Waals surface area (Å²) in [6, 6.07) is 20.3. The van der Waals surface area contributed by atoms with E-state index in [0.29, 0.717) is 19.4 Å². The van der Waals surface area contributed by atoms with Gasteiger partial charge in [-0.2, -0.15) is 0 Å². The van der Waals surface area contributed by atoms with Crippen LogP contribution in [0.5, 0.6) is 0 Å². The highest BCUT2D eigenvalue weighted by Gasteiger charge is 2.37. The van der Waals surface area contributed by atoms with Crippen molar-refractivity contribution in [2.45, 2.75) is 63.8 Å². The van der Waals surface area contributed by atoms with E-state index in [1.165, 1.54) is 29.7 Å². The Kier molecular flexibility index (Phi) is 8.29. The average Bonchev–Trinajstić information content (AvgIpc) is 3.11. The van der Waals surface area contributed by atoms with E-state index in [4.69, 9.17) is 4.74 Å². The van der Waals surface area contributed by atoms with Gasteiger partial charge in [-0.1, -0.05) is 86.3 Å². The normalized spacial score (nSPS) is 16.1. The van der Waals surface area contributed by atoms with Crippen LogP contribution in [0.1, 0.15) is 56.1 Å². The van der Waals surface area contributed by atoms with Crippen LogP contribution in [0.25, 0.3) is 0 Å². The van der Waals surface area contributed by atoms with E-state index in [-0.39, 0.29) is 11.9 Å². The van der Waals surface area contributed by atoms with Gasteiger partial charge < -0.3 is 4.74 Å². The number of cyclic esters (lactones) is 1. The lowest BCUT2D eigenvalue weighted by Crippen LogP contribution is -2.40. The maximum Gasteiger partial charge on any atom is 0.416 e. The van der Waals surface area contributed by atoms with Gasteiger partial charge in [0.1, 0.15) is 6.61 Å². The lowest BCUT2D eigenvalue weighted by atomic mass is 10.0. The van der Waals surface area contributed by atoms with Crippen molar-refractivity contribution < 1.29 is 14.3 Å². The van der Waals surface area contributed by atoms with Gasteiger partial charge in [0.2, 0.25) is 5.91 Å². The zero-order valence-electron chi connectivity index (χ0n) is 17.1. The molecule has 2 amide bonds. The van der Waals surface area contributed by atoms with Crippen molar-refractivity contribution in [1.29, 1.82) is 0 Å². The van der Waals surface area contributed by atoms with Crippen molar-refractivity contribution in [3.63, 3.8) is 0 Å². The SMILES string of the molecule is O=C(CCCCCCCCc1ccccc1)N1C(=O)OC[C@H]1Cc1ccccc1. The van der Waals surface area contributed by atoms with Gasteiger partial charge in [-0.25, -0.2) is 9.69 Å². The number of hydrogen-bond acceptors (Lipinski definition) is 3. The minimum absolute atomic E-state index is 0.0995. The van der Waals surface area contributed by atoms with Gasteiger partial charge >= 0.3 is 6.09 Å². The van der Waals surface area contributed by atoms with E-state index < -0.39 is 6.09 Å². The minimum atomic E-state index is -0.489. The number of carbonyl (C=O) groups excluding carboxylic acids is 2. The van der Waals surface area contributed by atoms with Crippen LogP contribution < -0.4 is 0 Å². The van der Waals surface area contributed by atoms with Crippen LogP contribution in [-0.2, 0) is 22.4 Å². The Morgan fingerprint density at radius 1 is 0.828 bits per heavy atom. The van der Waals surface area contributed by atoms with Crippen molar-refractivity contribution in [2.75, 3.05) is 6.61 Å². The number of aryl methyl sites for hydroxylation is 1. The number of benzene rings is 2. The topological polar surface area (TPSA) is 46.6 Å². The first-order chi connectivity index (χ1) is 14.2. The second kappa shape index (κ2) is 11.4. The molecule has 2 aromatic carbocycles. The molecule has 0 N–H and O–H groups in total. The quantitative estimate of drug-likeness (QED) is 0.470. The van der Waals surface area contributed by atoms with Gasteiger partial charge in [0.25, 0.3) is 0 Å². The van der Waals surface area contributed by atoms with E-state index in [9.17, 15) is 9.59 Å². The lowest BCUT2D eigenvalue weighted by molar-refractivity contribution is -0.129. The predicted octanol–water partition coefficient (Wildman–Crippen LogP) is 5.55. The number of rotatable bonds is 11. The van der Waals surface area contributed by atoms with Gasteiger partial charge in [0, 0.05) is 6.42 Å². The van der Waals surface area contributed by atoms with Crippen molar-refractivity contribution in [2.24, 2.45) is 0 Å². The van der Waals surface area contributed by atoms with E-state index >= 15 is 0 Å². The molecule has 0 unspecified atom stereocenters. The Bertz CT molecular complexity index is 760.